The molecule has 0 fully saturated rings. The van der Waals surface area contributed by atoms with Crippen molar-refractivity contribution < 1.29 is 14.8 Å². The van der Waals surface area contributed by atoms with Crippen molar-refractivity contribution >= 4 is 28.4 Å². The number of aliphatic carboxylic acids is 1. The average Bonchev–Trinajstić information content (AvgIpc) is 2.45. The van der Waals surface area contributed by atoms with Gasteiger partial charge in [-0.1, -0.05) is 25.1 Å². The molecule has 0 aliphatic carbocycles. The Kier molecular flexibility index (Phi) is 4.32. The van der Waals surface area contributed by atoms with Gasteiger partial charge in [-0.2, -0.15) is 0 Å². The lowest BCUT2D eigenvalue weighted by molar-refractivity contribution is -0.384. The number of carboxylic acids is 1. The summed E-state index contributed by atoms with van der Waals surface area (Å²) in [6.07, 6.45) is 0.666. The number of pyridine rings is 1. The van der Waals surface area contributed by atoms with Gasteiger partial charge in [0.2, 0.25) is 5.82 Å². The van der Waals surface area contributed by atoms with E-state index >= 15 is 0 Å². The van der Waals surface area contributed by atoms with Gasteiger partial charge < -0.3 is 10.0 Å². The minimum Gasteiger partial charge on any atom is -0.480 e. The number of carboxylic acid groups (broad SMARTS) is 1. The zero-order chi connectivity index (χ0) is 15.4. The highest BCUT2D eigenvalue weighted by Gasteiger charge is 2.23. The number of nitro groups is 1. The smallest absolute Gasteiger partial charge is 0.323 e. The van der Waals surface area contributed by atoms with E-state index in [0.29, 0.717) is 23.9 Å². The van der Waals surface area contributed by atoms with Crippen molar-refractivity contribution in [2.24, 2.45) is 0 Å². The zero-order valence-electron chi connectivity index (χ0n) is 11.5. The van der Waals surface area contributed by atoms with Crippen molar-refractivity contribution in [3.05, 3.63) is 40.4 Å². The monoisotopic (exact) mass is 289 g/mol. The summed E-state index contributed by atoms with van der Waals surface area (Å²) >= 11 is 0. The number of nitrogens with zero attached hydrogens (tertiary/aromatic N) is 3. The van der Waals surface area contributed by atoms with Crippen LogP contribution in [0.2, 0.25) is 0 Å². The van der Waals surface area contributed by atoms with Gasteiger partial charge in [0.15, 0.2) is 0 Å². The number of para-hydroxylation sites is 1. The third kappa shape index (κ3) is 3.25. The fraction of sp³-hybridized carbons (Fsp3) is 0.286. The Bertz CT molecular complexity index is 687. The van der Waals surface area contributed by atoms with Crippen LogP contribution in [-0.4, -0.2) is 34.1 Å². The molecule has 0 bridgehead atoms. The predicted molar refractivity (Wildman–Crippen MR) is 78.5 cm³/mol. The number of fused-ring (bicyclic) bond motifs is 1. The number of benzene rings is 1. The largest absolute Gasteiger partial charge is 0.480 e. The molecule has 7 heteroatoms. The van der Waals surface area contributed by atoms with E-state index in [1.54, 1.807) is 24.3 Å². The summed E-state index contributed by atoms with van der Waals surface area (Å²) in [6, 6.07) is 8.47. The average molecular weight is 289 g/mol. The fourth-order valence-corrected chi connectivity index (χ4v) is 2.15. The second-order valence-electron chi connectivity index (χ2n) is 4.60. The molecule has 1 aromatic heterocycles. The van der Waals surface area contributed by atoms with Crippen LogP contribution in [-0.2, 0) is 4.79 Å². The maximum atomic E-state index is 11.3. The Balaban J connectivity index is 2.59. The summed E-state index contributed by atoms with van der Waals surface area (Å²) < 4.78 is 0. The van der Waals surface area contributed by atoms with Crippen molar-refractivity contribution in [2.75, 3.05) is 18.0 Å². The van der Waals surface area contributed by atoms with Crippen LogP contribution in [0.15, 0.2) is 30.3 Å². The standard InChI is InChI=1S/C14H15N3O4/c1-2-7-16(9-13(18)19)14-12(17(20)21)8-10-5-3-4-6-11(10)15-14/h3-6,8H,2,7,9H2,1H3,(H,18,19). The summed E-state index contributed by atoms with van der Waals surface area (Å²) in [7, 11) is 0. The van der Waals surface area contributed by atoms with Gasteiger partial charge in [0.25, 0.3) is 0 Å². The third-order valence-electron chi connectivity index (χ3n) is 3.00. The Morgan fingerprint density at radius 2 is 2.14 bits per heavy atom. The fourth-order valence-electron chi connectivity index (χ4n) is 2.15. The minimum atomic E-state index is -1.05. The Morgan fingerprint density at radius 1 is 1.43 bits per heavy atom. The Labute approximate surface area is 121 Å². The van der Waals surface area contributed by atoms with Crippen LogP contribution in [0.4, 0.5) is 11.5 Å². The van der Waals surface area contributed by atoms with E-state index in [1.165, 1.54) is 11.0 Å². The quantitative estimate of drug-likeness (QED) is 0.648. The van der Waals surface area contributed by atoms with Crippen molar-refractivity contribution in [1.29, 1.82) is 0 Å². The van der Waals surface area contributed by atoms with Crippen molar-refractivity contribution in [2.45, 2.75) is 13.3 Å². The predicted octanol–water partition coefficient (Wildman–Crippen LogP) is 2.44. The molecule has 21 heavy (non-hydrogen) atoms. The van der Waals surface area contributed by atoms with Crippen LogP contribution in [0.5, 0.6) is 0 Å². The summed E-state index contributed by atoms with van der Waals surface area (Å²) in [6.45, 7) is 1.94. The van der Waals surface area contributed by atoms with E-state index < -0.39 is 10.9 Å². The summed E-state index contributed by atoms with van der Waals surface area (Å²) in [5.41, 5.74) is 0.424. The maximum Gasteiger partial charge on any atom is 0.323 e. The summed E-state index contributed by atoms with van der Waals surface area (Å²) in [5.74, 6) is -0.948. The second kappa shape index (κ2) is 6.17. The highest BCUT2D eigenvalue weighted by atomic mass is 16.6. The number of hydrogen-bond donors (Lipinski definition) is 1. The molecule has 0 aliphatic rings. The molecule has 0 aliphatic heterocycles. The van der Waals surface area contributed by atoms with Gasteiger partial charge in [-0.3, -0.25) is 14.9 Å². The molecule has 0 spiro atoms. The van der Waals surface area contributed by atoms with E-state index in [-0.39, 0.29) is 18.1 Å². The molecule has 0 saturated heterocycles. The maximum absolute atomic E-state index is 11.3. The van der Waals surface area contributed by atoms with Crippen molar-refractivity contribution in [3.8, 4) is 0 Å². The van der Waals surface area contributed by atoms with E-state index in [0.717, 1.165) is 0 Å². The molecule has 1 aromatic carbocycles. The number of hydrogen-bond acceptors (Lipinski definition) is 5. The van der Waals surface area contributed by atoms with Gasteiger partial charge in [-0.25, -0.2) is 4.98 Å². The normalized spacial score (nSPS) is 10.5. The molecule has 1 N–H and O–H groups in total. The molecule has 2 rings (SSSR count). The van der Waals surface area contributed by atoms with Crippen LogP contribution in [0.3, 0.4) is 0 Å². The Hall–Kier alpha value is -2.70. The molecular weight excluding hydrogens is 274 g/mol. The number of anilines is 1. The molecule has 0 atom stereocenters. The first-order chi connectivity index (χ1) is 10.0. The SMILES string of the molecule is CCCN(CC(=O)O)c1nc2ccccc2cc1[N+](=O)[O-]. The topological polar surface area (TPSA) is 96.6 Å². The van der Waals surface area contributed by atoms with Crippen LogP contribution in [0.1, 0.15) is 13.3 Å². The van der Waals surface area contributed by atoms with Crippen LogP contribution in [0.25, 0.3) is 10.9 Å². The molecule has 2 aromatic rings. The lowest BCUT2D eigenvalue weighted by atomic mass is 10.2. The van der Waals surface area contributed by atoms with Gasteiger partial charge in [-0.05, 0) is 12.5 Å². The number of aromatic nitrogens is 1. The molecule has 0 amide bonds. The van der Waals surface area contributed by atoms with Gasteiger partial charge in [-0.15, -0.1) is 0 Å². The first kappa shape index (κ1) is 14.7. The molecular formula is C14H15N3O4. The first-order valence-corrected chi connectivity index (χ1v) is 6.54. The second-order valence-corrected chi connectivity index (χ2v) is 4.60. The minimum absolute atomic E-state index is 0.1000. The Morgan fingerprint density at radius 3 is 2.76 bits per heavy atom. The lowest BCUT2D eigenvalue weighted by Crippen LogP contribution is -2.31. The highest BCUT2D eigenvalue weighted by molar-refractivity contribution is 5.85. The third-order valence-corrected chi connectivity index (χ3v) is 3.00. The van der Waals surface area contributed by atoms with Crippen LogP contribution >= 0.6 is 0 Å². The molecule has 0 saturated carbocycles. The molecule has 1 heterocycles. The summed E-state index contributed by atoms with van der Waals surface area (Å²) in [5, 5.41) is 20.9. The molecule has 7 nitrogen and oxygen atoms in total. The number of carbonyl (C=O) groups is 1. The molecule has 0 unspecified atom stereocenters. The van der Waals surface area contributed by atoms with E-state index in [2.05, 4.69) is 4.98 Å². The van der Waals surface area contributed by atoms with E-state index in [1.807, 2.05) is 6.92 Å². The van der Waals surface area contributed by atoms with E-state index in [4.69, 9.17) is 5.11 Å². The van der Waals surface area contributed by atoms with Gasteiger partial charge in [0.05, 0.1) is 10.4 Å². The molecule has 0 radical (unpaired) electrons. The molecule has 110 valence electrons. The summed E-state index contributed by atoms with van der Waals surface area (Å²) in [4.78, 5) is 27.4. The van der Waals surface area contributed by atoms with E-state index in [9.17, 15) is 14.9 Å². The number of rotatable bonds is 6. The van der Waals surface area contributed by atoms with Crippen molar-refractivity contribution in [3.63, 3.8) is 0 Å². The van der Waals surface area contributed by atoms with Crippen LogP contribution in [0, 0.1) is 10.1 Å². The van der Waals surface area contributed by atoms with Crippen LogP contribution < -0.4 is 4.90 Å². The lowest BCUT2D eigenvalue weighted by Gasteiger charge is -2.21. The zero-order valence-corrected chi connectivity index (χ0v) is 11.5. The van der Waals surface area contributed by atoms with Crippen molar-refractivity contribution in [1.82, 2.24) is 4.98 Å². The van der Waals surface area contributed by atoms with Gasteiger partial charge in [0.1, 0.15) is 6.54 Å². The highest BCUT2D eigenvalue weighted by Crippen LogP contribution is 2.29. The van der Waals surface area contributed by atoms with Gasteiger partial charge in [0, 0.05) is 18.0 Å². The first-order valence-electron chi connectivity index (χ1n) is 6.54. The van der Waals surface area contributed by atoms with Gasteiger partial charge >= 0.3 is 11.7 Å².